The van der Waals surface area contributed by atoms with Gasteiger partial charge in [-0.1, -0.05) is 328 Å². The Labute approximate surface area is 573 Å². The summed E-state index contributed by atoms with van der Waals surface area (Å²) in [6, 6.07) is 128. The van der Waals surface area contributed by atoms with E-state index in [1.807, 2.05) is 12.2 Å². The molecule has 2 aliphatic rings. The van der Waals surface area contributed by atoms with Gasteiger partial charge in [0, 0.05) is 32.9 Å². The molecule has 2 unspecified atom stereocenters. The highest BCUT2D eigenvalue weighted by Crippen LogP contribution is 2.60. The van der Waals surface area contributed by atoms with Crippen LogP contribution in [0.5, 0.6) is 0 Å². The SMILES string of the molecule is C=Cc1ccc(C2(c3ccc(C)cc3)c3ccccc3-c3ccc(N(c4cccc5ccccc45)c4ccc(-c5ccc(N(c6ccc7c(c6)C(c6ccc(C)cc6)(c6ccc(C=C)cc6)c6ccccc6-7)c6cccc7ccccc67)c6ccccc56)c5ccccc45)cc32)cc1. The van der Waals surface area contributed by atoms with Crippen LogP contribution in [0.15, 0.2) is 353 Å². The van der Waals surface area contributed by atoms with Crippen molar-refractivity contribution in [2.45, 2.75) is 24.7 Å². The zero-order chi connectivity index (χ0) is 65.6. The normalized spacial score (nSPS) is 15.0. The number of fused-ring (bicyclic) bond motifs is 10. The number of rotatable bonds is 13. The Morgan fingerprint density at radius 2 is 0.551 bits per heavy atom. The summed E-state index contributed by atoms with van der Waals surface area (Å²) >= 11 is 0. The molecule has 0 N–H and O–H groups in total. The van der Waals surface area contributed by atoms with E-state index in [9.17, 15) is 0 Å². The molecule has 16 aromatic carbocycles. The second-order valence-electron chi connectivity index (χ2n) is 26.5. The number of anilines is 6. The van der Waals surface area contributed by atoms with Crippen molar-refractivity contribution in [2.24, 2.45) is 0 Å². The van der Waals surface area contributed by atoms with Gasteiger partial charge in [-0.3, -0.25) is 0 Å². The van der Waals surface area contributed by atoms with Crippen LogP contribution in [0.4, 0.5) is 34.1 Å². The molecule has 0 fully saturated rings. The van der Waals surface area contributed by atoms with E-state index in [-0.39, 0.29) is 0 Å². The molecule has 0 saturated heterocycles. The van der Waals surface area contributed by atoms with Gasteiger partial charge in [0.2, 0.25) is 0 Å². The lowest BCUT2D eigenvalue weighted by Crippen LogP contribution is -2.29. The van der Waals surface area contributed by atoms with E-state index in [2.05, 4.69) is 377 Å². The Hall–Kier alpha value is -12.4. The maximum atomic E-state index is 4.15. The third kappa shape index (κ3) is 8.88. The van der Waals surface area contributed by atoms with Crippen LogP contribution in [0.1, 0.15) is 66.8 Å². The van der Waals surface area contributed by atoms with Gasteiger partial charge in [-0.15, -0.1) is 0 Å². The monoisotopic (exact) mass is 1250 g/mol. The highest BCUT2D eigenvalue weighted by atomic mass is 15.2. The van der Waals surface area contributed by atoms with Gasteiger partial charge < -0.3 is 9.80 Å². The fourth-order valence-corrected chi connectivity index (χ4v) is 16.8. The summed E-state index contributed by atoms with van der Waals surface area (Å²) < 4.78 is 0. The second-order valence-corrected chi connectivity index (χ2v) is 26.5. The predicted molar refractivity (Wildman–Crippen MR) is 416 cm³/mol. The summed E-state index contributed by atoms with van der Waals surface area (Å²) in [5, 5.41) is 9.32. The van der Waals surface area contributed by atoms with E-state index >= 15 is 0 Å². The molecule has 0 aromatic heterocycles. The maximum absolute atomic E-state index is 4.15. The van der Waals surface area contributed by atoms with Crippen molar-refractivity contribution in [3.8, 4) is 33.4 Å². The largest absolute Gasteiger partial charge is 0.309 e. The van der Waals surface area contributed by atoms with Gasteiger partial charge in [0.1, 0.15) is 0 Å². The Kier molecular flexibility index (Phi) is 13.8. The Morgan fingerprint density at radius 1 is 0.245 bits per heavy atom. The Bertz CT molecular complexity index is 5500. The van der Waals surface area contributed by atoms with E-state index in [0.717, 1.165) is 77.9 Å². The molecule has 18 rings (SSSR count). The Morgan fingerprint density at radius 3 is 0.949 bits per heavy atom. The first-order valence-electron chi connectivity index (χ1n) is 34.0. The number of benzene rings is 16. The first-order valence-corrected chi connectivity index (χ1v) is 34.0. The standard InChI is InChI=1S/C96H68N2/c1-5-65-41-49-71(50-42-65)95(69-45-37-63(3)38-46-69)87-33-17-15-29-81(87)83-55-53-73(61-89(83)95)97(91-35-19-23-67-21-7-9-25-75(67)91)93-59-57-79(77-27-11-13-31-85(77)93)80-58-60-94(86-32-14-12-28-78(80)86)98(92-36-20-24-68-22-8-10-26-76(68)92)74-54-56-84-82-30-16-18-34-88(82)96(90(84)62-74,70-47-39-64(4)40-48-70)72-51-43-66(6-2)44-52-72/h5-62H,1-2H2,3-4H3. The summed E-state index contributed by atoms with van der Waals surface area (Å²) in [5.41, 5.74) is 27.1. The topological polar surface area (TPSA) is 6.48 Å². The molecule has 0 amide bonds. The van der Waals surface area contributed by atoms with E-state index < -0.39 is 10.8 Å². The fourth-order valence-electron chi connectivity index (χ4n) is 16.8. The van der Waals surface area contributed by atoms with Crippen LogP contribution < -0.4 is 9.80 Å². The van der Waals surface area contributed by atoms with Crippen molar-refractivity contribution < 1.29 is 0 Å². The molecule has 2 nitrogen and oxygen atoms in total. The van der Waals surface area contributed by atoms with Gasteiger partial charge in [-0.05, 0) is 173 Å². The molecule has 0 spiro atoms. The summed E-state index contributed by atoms with van der Waals surface area (Å²) in [4.78, 5) is 5.06. The lowest BCUT2D eigenvalue weighted by Gasteiger charge is -2.35. The van der Waals surface area contributed by atoms with Gasteiger partial charge in [0.15, 0.2) is 0 Å². The molecule has 0 saturated carbocycles. The van der Waals surface area contributed by atoms with Gasteiger partial charge in [0.05, 0.1) is 33.6 Å². The smallest absolute Gasteiger partial charge is 0.0714 e. The van der Waals surface area contributed by atoms with E-state index in [1.54, 1.807) is 0 Å². The van der Waals surface area contributed by atoms with Crippen LogP contribution in [-0.4, -0.2) is 0 Å². The van der Waals surface area contributed by atoms with Gasteiger partial charge >= 0.3 is 0 Å². The highest BCUT2D eigenvalue weighted by molar-refractivity contribution is 6.15. The zero-order valence-electron chi connectivity index (χ0n) is 54.8. The minimum atomic E-state index is -0.626. The minimum absolute atomic E-state index is 0.626. The number of hydrogen-bond donors (Lipinski definition) is 0. The van der Waals surface area contributed by atoms with Gasteiger partial charge in [-0.25, -0.2) is 0 Å². The molecule has 2 atom stereocenters. The lowest BCUT2D eigenvalue weighted by molar-refractivity contribution is 0.768. The Balaban J connectivity index is 0.842. The number of nitrogens with zero attached hydrogens (tertiary/aromatic N) is 2. The minimum Gasteiger partial charge on any atom is -0.309 e. The third-order valence-corrected chi connectivity index (χ3v) is 21.3. The van der Waals surface area contributed by atoms with Crippen LogP contribution in [0.3, 0.4) is 0 Å². The summed E-state index contributed by atoms with van der Waals surface area (Å²) in [5.74, 6) is 0. The van der Waals surface area contributed by atoms with E-state index in [4.69, 9.17) is 0 Å². The van der Waals surface area contributed by atoms with E-state index in [0.29, 0.717) is 0 Å². The van der Waals surface area contributed by atoms with Crippen molar-refractivity contribution in [3.05, 3.63) is 420 Å². The molecule has 2 heteroatoms. The van der Waals surface area contributed by atoms with Crippen LogP contribution in [0, 0.1) is 13.8 Å². The first-order chi connectivity index (χ1) is 48.3. The molecule has 2 aliphatic carbocycles. The summed E-state index contributed by atoms with van der Waals surface area (Å²) in [6.07, 6.45) is 3.87. The highest BCUT2D eigenvalue weighted by Gasteiger charge is 2.48. The van der Waals surface area contributed by atoms with Crippen molar-refractivity contribution in [2.75, 3.05) is 9.80 Å². The molecule has 98 heavy (non-hydrogen) atoms. The van der Waals surface area contributed by atoms with Gasteiger partial charge in [0.25, 0.3) is 0 Å². The third-order valence-electron chi connectivity index (χ3n) is 21.3. The average molecular weight is 1250 g/mol. The fraction of sp³-hybridized carbons (Fsp3) is 0.0417. The van der Waals surface area contributed by atoms with Crippen molar-refractivity contribution >= 4 is 89.4 Å². The quantitative estimate of drug-likeness (QED) is 0.114. The number of aryl methyl sites for hydroxylation is 2. The zero-order valence-corrected chi connectivity index (χ0v) is 54.8. The molecule has 0 radical (unpaired) electrons. The molecule has 0 heterocycles. The van der Waals surface area contributed by atoms with E-state index in [1.165, 1.54) is 99.4 Å². The maximum Gasteiger partial charge on any atom is 0.0714 e. The summed E-state index contributed by atoms with van der Waals surface area (Å²) in [7, 11) is 0. The molecule has 0 aliphatic heterocycles. The predicted octanol–water partition coefficient (Wildman–Crippen LogP) is 25.5. The molecule has 462 valence electrons. The second kappa shape index (κ2) is 23.2. The summed E-state index contributed by atoms with van der Waals surface area (Å²) in [6.45, 7) is 12.7. The molecule has 0 bridgehead atoms. The van der Waals surface area contributed by atoms with Crippen LogP contribution in [0.25, 0.3) is 88.6 Å². The van der Waals surface area contributed by atoms with Crippen molar-refractivity contribution in [1.82, 2.24) is 0 Å². The lowest BCUT2D eigenvalue weighted by atomic mass is 9.67. The van der Waals surface area contributed by atoms with Crippen molar-refractivity contribution in [1.29, 1.82) is 0 Å². The molecular weight excluding hydrogens is 1180 g/mol. The van der Waals surface area contributed by atoms with Crippen LogP contribution >= 0.6 is 0 Å². The molecular formula is C96H68N2. The number of hydrogen-bond acceptors (Lipinski definition) is 2. The van der Waals surface area contributed by atoms with Crippen LogP contribution in [-0.2, 0) is 10.8 Å². The van der Waals surface area contributed by atoms with Crippen LogP contribution in [0.2, 0.25) is 0 Å². The average Bonchev–Trinajstić information content (AvgIpc) is 1.53. The van der Waals surface area contributed by atoms with Gasteiger partial charge in [-0.2, -0.15) is 0 Å². The first kappa shape index (κ1) is 58.2. The molecule has 16 aromatic rings. The van der Waals surface area contributed by atoms with Crippen molar-refractivity contribution in [3.63, 3.8) is 0 Å².